The van der Waals surface area contributed by atoms with Crippen molar-refractivity contribution in [2.45, 2.75) is 20.8 Å². The van der Waals surface area contributed by atoms with Gasteiger partial charge in [0.05, 0.1) is 20.1 Å². The molecule has 0 bridgehead atoms. The average Bonchev–Trinajstić information content (AvgIpc) is 2.84. The number of aryl methyl sites for hydroxylation is 1. The normalized spacial score (nSPS) is 11.3. The van der Waals surface area contributed by atoms with E-state index in [4.69, 9.17) is 9.15 Å². The largest absolute Gasteiger partial charge is 1.00 e. The smallest absolute Gasteiger partial charge is 0.374 e. The Hall–Kier alpha value is -1.08. The van der Waals surface area contributed by atoms with Gasteiger partial charge in [0.25, 0.3) is 0 Å². The van der Waals surface area contributed by atoms with Crippen molar-refractivity contribution in [2.75, 3.05) is 33.3 Å². The number of benzene rings is 1. The Morgan fingerprint density at radius 1 is 1.23 bits per heavy atom. The van der Waals surface area contributed by atoms with Crippen molar-refractivity contribution in [3.8, 4) is 0 Å². The number of quaternary nitrogens is 1. The Balaban J connectivity index is 0.00000242. The number of halogens is 1. The topological polar surface area (TPSA) is 39.4 Å². The van der Waals surface area contributed by atoms with E-state index in [2.05, 4.69) is 20.9 Å². The van der Waals surface area contributed by atoms with Crippen molar-refractivity contribution < 1.29 is 42.4 Å². The number of rotatable bonds is 6. The molecular formula is C17H24INO3. The van der Waals surface area contributed by atoms with Gasteiger partial charge in [-0.05, 0) is 26.8 Å². The molecule has 0 N–H and O–H groups in total. The van der Waals surface area contributed by atoms with Gasteiger partial charge in [-0.25, -0.2) is 4.79 Å². The van der Waals surface area contributed by atoms with Crippen LogP contribution in [0.4, 0.5) is 0 Å². The van der Waals surface area contributed by atoms with E-state index in [9.17, 15) is 4.79 Å². The van der Waals surface area contributed by atoms with Crippen LogP contribution in [-0.2, 0) is 4.74 Å². The predicted octanol–water partition coefficient (Wildman–Crippen LogP) is 0.388. The van der Waals surface area contributed by atoms with Gasteiger partial charge in [0.1, 0.15) is 18.7 Å². The molecule has 22 heavy (non-hydrogen) atoms. The van der Waals surface area contributed by atoms with E-state index in [0.717, 1.165) is 40.6 Å². The van der Waals surface area contributed by atoms with Crippen molar-refractivity contribution in [3.63, 3.8) is 0 Å². The molecule has 4 nitrogen and oxygen atoms in total. The fourth-order valence-corrected chi connectivity index (χ4v) is 2.33. The van der Waals surface area contributed by atoms with Crippen molar-refractivity contribution in [3.05, 3.63) is 35.6 Å². The summed E-state index contributed by atoms with van der Waals surface area (Å²) in [5, 5.41) is 0.965. The van der Waals surface area contributed by atoms with Gasteiger partial charge in [-0.1, -0.05) is 18.2 Å². The van der Waals surface area contributed by atoms with Gasteiger partial charge in [-0.15, -0.1) is 0 Å². The highest BCUT2D eigenvalue weighted by molar-refractivity contribution is 5.95. The summed E-state index contributed by atoms with van der Waals surface area (Å²) in [6, 6.07) is 7.64. The summed E-state index contributed by atoms with van der Waals surface area (Å²) in [6.07, 6.45) is 0. The first-order chi connectivity index (χ1) is 10.0. The highest BCUT2D eigenvalue weighted by atomic mass is 127. The quantitative estimate of drug-likeness (QED) is 0.388. The number of furan rings is 1. The molecule has 1 aromatic carbocycles. The fourth-order valence-electron chi connectivity index (χ4n) is 2.33. The Labute approximate surface area is 149 Å². The minimum Gasteiger partial charge on any atom is -1.00 e. The van der Waals surface area contributed by atoms with Crippen LogP contribution in [0.3, 0.4) is 0 Å². The highest BCUT2D eigenvalue weighted by Crippen LogP contribution is 2.25. The second-order valence-electron chi connectivity index (χ2n) is 5.66. The van der Waals surface area contributed by atoms with E-state index in [-0.39, 0.29) is 29.9 Å². The Morgan fingerprint density at radius 3 is 2.45 bits per heavy atom. The molecule has 0 atom stereocenters. The van der Waals surface area contributed by atoms with E-state index in [0.29, 0.717) is 12.4 Å². The summed E-state index contributed by atoms with van der Waals surface area (Å²) in [5.41, 5.74) is 1.57. The van der Waals surface area contributed by atoms with Gasteiger partial charge in [0, 0.05) is 10.9 Å². The van der Waals surface area contributed by atoms with Gasteiger partial charge in [-0.3, -0.25) is 0 Å². The van der Waals surface area contributed by atoms with Gasteiger partial charge >= 0.3 is 5.97 Å². The number of carbonyl (C=O) groups is 1. The lowest BCUT2D eigenvalue weighted by atomic mass is 10.1. The number of likely N-dealkylation sites (N-methyl/N-ethyl adjacent to an activating group) is 1. The van der Waals surface area contributed by atoms with E-state index < -0.39 is 0 Å². The van der Waals surface area contributed by atoms with Crippen LogP contribution < -0.4 is 24.0 Å². The van der Waals surface area contributed by atoms with Gasteiger partial charge in [0.15, 0.2) is 0 Å². The third kappa shape index (κ3) is 4.01. The molecule has 0 saturated heterocycles. The van der Waals surface area contributed by atoms with Crippen LogP contribution in [0, 0.1) is 6.92 Å². The lowest BCUT2D eigenvalue weighted by Gasteiger charge is -2.31. The van der Waals surface area contributed by atoms with Crippen LogP contribution in [0.15, 0.2) is 28.7 Å². The minimum absolute atomic E-state index is 0. The molecule has 2 rings (SSSR count). The summed E-state index contributed by atoms with van der Waals surface area (Å²) < 4.78 is 11.9. The van der Waals surface area contributed by atoms with Crippen LogP contribution in [0.2, 0.25) is 0 Å². The maximum Gasteiger partial charge on any atom is 0.374 e. The molecule has 122 valence electrons. The summed E-state index contributed by atoms with van der Waals surface area (Å²) in [4.78, 5) is 12.2. The van der Waals surface area contributed by atoms with Gasteiger partial charge < -0.3 is 37.6 Å². The molecule has 1 aromatic heterocycles. The maximum absolute atomic E-state index is 12.2. The van der Waals surface area contributed by atoms with Crippen LogP contribution in [0.1, 0.15) is 30.0 Å². The molecule has 0 aliphatic carbocycles. The predicted molar refractivity (Wildman–Crippen MR) is 83.4 cm³/mol. The van der Waals surface area contributed by atoms with E-state index in [1.807, 2.05) is 31.2 Å². The van der Waals surface area contributed by atoms with Crippen molar-refractivity contribution in [2.24, 2.45) is 0 Å². The zero-order valence-corrected chi connectivity index (χ0v) is 15.8. The third-order valence-corrected chi connectivity index (χ3v) is 4.42. The van der Waals surface area contributed by atoms with Crippen molar-refractivity contribution in [1.82, 2.24) is 0 Å². The number of carbonyl (C=O) groups excluding carboxylic acids is 1. The lowest BCUT2D eigenvalue weighted by Crippen LogP contribution is -3.00. The van der Waals surface area contributed by atoms with Crippen LogP contribution in [-0.4, -0.2) is 43.7 Å². The average molecular weight is 417 g/mol. The van der Waals surface area contributed by atoms with Crippen molar-refractivity contribution in [1.29, 1.82) is 0 Å². The summed E-state index contributed by atoms with van der Waals surface area (Å²) in [7, 11) is 2.17. The molecule has 5 heteroatoms. The number of nitrogens with zero attached hydrogens (tertiary/aromatic N) is 1. The Kier molecular flexibility index (Phi) is 6.87. The molecule has 0 saturated carbocycles. The number of fused-ring (bicyclic) bond motifs is 1. The first-order valence-electron chi connectivity index (χ1n) is 7.49. The molecule has 0 aliphatic heterocycles. The Morgan fingerprint density at radius 2 is 1.86 bits per heavy atom. The molecule has 0 fully saturated rings. The molecular weight excluding hydrogens is 393 g/mol. The molecule has 2 aromatic rings. The number of ether oxygens (including phenoxy) is 1. The number of hydrogen-bond acceptors (Lipinski definition) is 3. The highest BCUT2D eigenvalue weighted by Gasteiger charge is 2.21. The van der Waals surface area contributed by atoms with Gasteiger partial charge in [0.2, 0.25) is 5.76 Å². The van der Waals surface area contributed by atoms with E-state index in [1.54, 1.807) is 0 Å². The second-order valence-corrected chi connectivity index (χ2v) is 5.66. The molecule has 1 heterocycles. The monoisotopic (exact) mass is 417 g/mol. The third-order valence-electron chi connectivity index (χ3n) is 4.42. The number of para-hydroxylation sites is 1. The van der Waals surface area contributed by atoms with Crippen molar-refractivity contribution >= 4 is 16.9 Å². The van der Waals surface area contributed by atoms with E-state index in [1.165, 1.54) is 0 Å². The zero-order chi connectivity index (χ0) is 15.5. The fraction of sp³-hybridized carbons (Fsp3) is 0.471. The summed E-state index contributed by atoms with van der Waals surface area (Å²) in [5.74, 6) is -0.0548. The second kappa shape index (κ2) is 7.97. The van der Waals surface area contributed by atoms with Gasteiger partial charge in [-0.2, -0.15) is 0 Å². The molecule has 0 radical (unpaired) electrons. The number of hydrogen-bond donors (Lipinski definition) is 0. The Bertz CT molecular complexity index is 632. The number of esters is 1. The minimum atomic E-state index is -0.373. The lowest BCUT2D eigenvalue weighted by molar-refractivity contribution is -0.906. The van der Waals surface area contributed by atoms with E-state index >= 15 is 0 Å². The zero-order valence-electron chi connectivity index (χ0n) is 13.7. The van der Waals surface area contributed by atoms with Crippen LogP contribution >= 0.6 is 0 Å². The molecule has 0 spiro atoms. The van der Waals surface area contributed by atoms with Crippen LogP contribution in [0.25, 0.3) is 11.0 Å². The standard InChI is InChI=1S/C17H24NO3.HI/c1-5-18(4,6-2)11-12-20-17(19)16-13(3)14-9-7-8-10-15(14)21-16;/h7-10H,5-6,11-12H2,1-4H3;1H/q+1;/p-1. The maximum atomic E-state index is 12.2. The summed E-state index contributed by atoms with van der Waals surface area (Å²) in [6.45, 7) is 9.46. The SMILES string of the molecule is CC[N+](C)(CC)CCOC(=O)c1oc2ccccc2c1C.[I-]. The molecule has 0 aliphatic rings. The van der Waals surface area contributed by atoms with Crippen LogP contribution in [0.5, 0.6) is 0 Å². The first kappa shape index (κ1) is 19.0. The first-order valence-corrected chi connectivity index (χ1v) is 7.49. The molecule has 0 unspecified atom stereocenters. The molecule has 0 amide bonds. The summed E-state index contributed by atoms with van der Waals surface area (Å²) >= 11 is 0.